The number of nitrogens with zero attached hydrogens (tertiary/aromatic N) is 3. The van der Waals surface area contributed by atoms with Crippen LogP contribution in [0.1, 0.15) is 24.8 Å². The molecule has 0 spiro atoms. The van der Waals surface area contributed by atoms with Gasteiger partial charge in [-0.3, -0.25) is 10.1 Å². The first-order chi connectivity index (χ1) is 9.56. The topological polar surface area (TPSA) is 85.3 Å². The number of anilines is 1. The van der Waals surface area contributed by atoms with Crippen molar-refractivity contribution in [3.05, 3.63) is 27.9 Å². The van der Waals surface area contributed by atoms with Gasteiger partial charge in [-0.05, 0) is 31.6 Å². The van der Waals surface area contributed by atoms with Crippen LogP contribution in [0.5, 0.6) is 0 Å². The van der Waals surface area contributed by atoms with Gasteiger partial charge in [0.15, 0.2) is 0 Å². The molecule has 0 amide bonds. The Bertz CT molecular complexity index is 534. The van der Waals surface area contributed by atoms with Crippen molar-refractivity contribution >= 4 is 11.5 Å². The molecule has 1 aromatic rings. The van der Waals surface area contributed by atoms with Gasteiger partial charge in [0.1, 0.15) is 5.82 Å². The maximum atomic E-state index is 11.0. The van der Waals surface area contributed by atoms with E-state index in [4.69, 9.17) is 5.73 Å². The number of rotatable bonds is 2. The summed E-state index contributed by atoms with van der Waals surface area (Å²) in [4.78, 5) is 17.2. The van der Waals surface area contributed by atoms with Crippen LogP contribution < -0.4 is 10.6 Å². The summed E-state index contributed by atoms with van der Waals surface area (Å²) in [5, 5.41) is 11.0. The number of aryl methyl sites for hydroxylation is 1. The van der Waals surface area contributed by atoms with Crippen LogP contribution in [0.25, 0.3) is 0 Å². The van der Waals surface area contributed by atoms with Crippen LogP contribution in [0, 0.1) is 28.9 Å². The third kappa shape index (κ3) is 2.24. The third-order valence-electron chi connectivity index (χ3n) is 4.73. The van der Waals surface area contributed by atoms with Gasteiger partial charge >= 0.3 is 0 Å². The van der Waals surface area contributed by atoms with E-state index in [0.29, 0.717) is 23.2 Å². The Morgan fingerprint density at radius 2 is 2.25 bits per heavy atom. The van der Waals surface area contributed by atoms with Crippen LogP contribution in [0.2, 0.25) is 0 Å². The lowest BCUT2D eigenvalue weighted by atomic mass is 9.78. The van der Waals surface area contributed by atoms with E-state index in [1.54, 1.807) is 19.2 Å². The van der Waals surface area contributed by atoms with E-state index in [1.165, 1.54) is 12.8 Å². The number of nitro groups is 1. The van der Waals surface area contributed by atoms with E-state index in [2.05, 4.69) is 9.88 Å². The number of aromatic nitrogens is 1. The van der Waals surface area contributed by atoms with Crippen LogP contribution >= 0.6 is 0 Å². The monoisotopic (exact) mass is 276 g/mol. The van der Waals surface area contributed by atoms with Crippen molar-refractivity contribution in [3.63, 3.8) is 0 Å². The molecular weight excluding hydrogens is 256 g/mol. The van der Waals surface area contributed by atoms with Gasteiger partial charge in [-0.1, -0.05) is 6.42 Å². The predicted octanol–water partition coefficient (Wildman–Crippen LogP) is 1.86. The molecule has 1 aliphatic heterocycles. The Hall–Kier alpha value is -1.69. The fourth-order valence-corrected chi connectivity index (χ4v) is 3.58. The number of hydrogen-bond donors (Lipinski definition) is 1. The summed E-state index contributed by atoms with van der Waals surface area (Å²) in [6.07, 6.45) is 5.09. The molecule has 3 unspecified atom stereocenters. The van der Waals surface area contributed by atoms with Gasteiger partial charge in [-0.2, -0.15) is 0 Å². The summed E-state index contributed by atoms with van der Waals surface area (Å²) in [5.41, 5.74) is 6.96. The van der Waals surface area contributed by atoms with Crippen LogP contribution in [0.15, 0.2) is 12.3 Å². The van der Waals surface area contributed by atoms with E-state index >= 15 is 0 Å². The lowest BCUT2D eigenvalue weighted by molar-refractivity contribution is -0.385. The summed E-state index contributed by atoms with van der Waals surface area (Å²) in [7, 11) is 0. The van der Waals surface area contributed by atoms with Crippen molar-refractivity contribution in [2.24, 2.45) is 17.6 Å². The Balaban J connectivity index is 1.84. The summed E-state index contributed by atoms with van der Waals surface area (Å²) in [6, 6.07) is 1.86. The van der Waals surface area contributed by atoms with Crippen molar-refractivity contribution in [2.75, 3.05) is 18.0 Å². The average Bonchev–Trinajstić information content (AvgIpc) is 2.84. The fourth-order valence-electron chi connectivity index (χ4n) is 3.58. The second kappa shape index (κ2) is 5.01. The lowest BCUT2D eigenvalue weighted by Crippen LogP contribution is -2.38. The summed E-state index contributed by atoms with van der Waals surface area (Å²) in [5.74, 6) is 1.83. The van der Waals surface area contributed by atoms with Crippen molar-refractivity contribution in [2.45, 2.75) is 32.2 Å². The Morgan fingerprint density at radius 3 is 2.95 bits per heavy atom. The zero-order valence-corrected chi connectivity index (χ0v) is 11.7. The smallest absolute Gasteiger partial charge is 0.277 e. The van der Waals surface area contributed by atoms with Crippen molar-refractivity contribution in [1.29, 1.82) is 0 Å². The SMILES string of the molecule is Cc1cnc(N2CC3CCCC(N)C3C2)cc1[N+](=O)[O-]. The fraction of sp³-hybridized carbons (Fsp3) is 0.643. The molecule has 20 heavy (non-hydrogen) atoms. The normalized spacial score (nSPS) is 29.3. The van der Waals surface area contributed by atoms with Gasteiger partial charge in [0.2, 0.25) is 0 Å². The van der Waals surface area contributed by atoms with Crippen LogP contribution in [0.4, 0.5) is 11.5 Å². The maximum absolute atomic E-state index is 11.0. The quantitative estimate of drug-likeness (QED) is 0.658. The first-order valence-electron chi connectivity index (χ1n) is 7.18. The van der Waals surface area contributed by atoms with Crippen LogP contribution in [0.3, 0.4) is 0 Å². The number of fused-ring (bicyclic) bond motifs is 1. The molecule has 1 saturated carbocycles. The van der Waals surface area contributed by atoms with Gasteiger partial charge < -0.3 is 10.6 Å². The van der Waals surface area contributed by atoms with E-state index in [0.717, 1.165) is 19.5 Å². The molecule has 1 saturated heterocycles. The van der Waals surface area contributed by atoms with Crippen molar-refractivity contribution < 1.29 is 4.92 Å². The zero-order chi connectivity index (χ0) is 14.3. The third-order valence-corrected chi connectivity index (χ3v) is 4.73. The molecule has 2 aliphatic rings. The molecular formula is C14H20N4O2. The van der Waals surface area contributed by atoms with Crippen molar-refractivity contribution in [1.82, 2.24) is 4.98 Å². The Kier molecular flexibility index (Phi) is 3.33. The molecule has 6 nitrogen and oxygen atoms in total. The standard InChI is InChI=1S/C14H20N4O2/c1-9-6-16-14(5-13(9)18(19)20)17-7-10-3-2-4-12(15)11(10)8-17/h5-6,10-12H,2-4,7-8,15H2,1H3. The Morgan fingerprint density at radius 1 is 1.45 bits per heavy atom. The van der Waals surface area contributed by atoms with E-state index in [1.807, 2.05) is 0 Å². The second-order valence-electron chi connectivity index (χ2n) is 6.01. The minimum Gasteiger partial charge on any atom is -0.356 e. The summed E-state index contributed by atoms with van der Waals surface area (Å²) in [6.45, 7) is 3.51. The van der Waals surface area contributed by atoms with Gasteiger partial charge in [-0.15, -0.1) is 0 Å². The maximum Gasteiger partial charge on any atom is 0.277 e. The molecule has 3 atom stereocenters. The molecule has 2 fully saturated rings. The van der Waals surface area contributed by atoms with Crippen LogP contribution in [-0.2, 0) is 0 Å². The van der Waals surface area contributed by atoms with Gasteiger partial charge in [-0.25, -0.2) is 4.98 Å². The number of pyridine rings is 1. The highest BCUT2D eigenvalue weighted by molar-refractivity contribution is 5.51. The molecule has 0 aromatic carbocycles. The molecule has 3 rings (SSSR count). The van der Waals surface area contributed by atoms with E-state index in [9.17, 15) is 10.1 Å². The minimum absolute atomic E-state index is 0.147. The molecule has 2 heterocycles. The van der Waals surface area contributed by atoms with Gasteiger partial charge in [0, 0.05) is 30.9 Å². The van der Waals surface area contributed by atoms with Crippen LogP contribution in [-0.4, -0.2) is 29.0 Å². The highest BCUT2D eigenvalue weighted by atomic mass is 16.6. The molecule has 1 aliphatic carbocycles. The average molecular weight is 276 g/mol. The minimum atomic E-state index is -0.338. The van der Waals surface area contributed by atoms with E-state index < -0.39 is 0 Å². The highest BCUT2D eigenvalue weighted by Gasteiger charge is 2.39. The molecule has 6 heteroatoms. The lowest BCUT2D eigenvalue weighted by Gasteiger charge is -2.29. The molecule has 108 valence electrons. The van der Waals surface area contributed by atoms with Crippen molar-refractivity contribution in [3.8, 4) is 0 Å². The number of nitrogens with two attached hydrogens (primary N) is 1. The van der Waals surface area contributed by atoms with E-state index in [-0.39, 0.29) is 16.7 Å². The van der Waals surface area contributed by atoms with Gasteiger partial charge in [0.25, 0.3) is 5.69 Å². The predicted molar refractivity (Wildman–Crippen MR) is 76.6 cm³/mol. The summed E-state index contributed by atoms with van der Waals surface area (Å²) >= 11 is 0. The molecule has 2 N–H and O–H groups in total. The number of hydrogen-bond acceptors (Lipinski definition) is 5. The second-order valence-corrected chi connectivity index (χ2v) is 6.01. The zero-order valence-electron chi connectivity index (χ0n) is 11.7. The molecule has 1 aromatic heterocycles. The van der Waals surface area contributed by atoms with Gasteiger partial charge in [0.05, 0.1) is 11.0 Å². The Labute approximate surface area is 118 Å². The first kappa shape index (κ1) is 13.3. The molecule has 0 bridgehead atoms. The first-order valence-corrected chi connectivity index (χ1v) is 7.18. The summed E-state index contributed by atoms with van der Waals surface area (Å²) < 4.78 is 0. The molecule has 0 radical (unpaired) electrons. The largest absolute Gasteiger partial charge is 0.356 e. The highest BCUT2D eigenvalue weighted by Crippen LogP contribution is 2.37.